The van der Waals surface area contributed by atoms with Gasteiger partial charge in [-0.2, -0.15) is 5.26 Å². The molecule has 0 aromatic heterocycles. The lowest BCUT2D eigenvalue weighted by Crippen LogP contribution is -2.01. The minimum Gasteiger partial charge on any atom is -0.254 e. The Bertz CT molecular complexity index is 679. The van der Waals surface area contributed by atoms with Crippen molar-refractivity contribution >= 4 is 10.8 Å². The molecule has 0 heterocycles. The molecule has 96 valence electrons. The number of halogens is 2. The molecule has 0 aliphatic carbocycles. The first kappa shape index (κ1) is 13.4. The average Bonchev–Trinajstić information content (AvgIpc) is 2.39. The zero-order valence-electron chi connectivity index (χ0n) is 9.77. The average molecular weight is 277 g/mol. The monoisotopic (exact) mass is 277 g/mol. The number of rotatable bonds is 3. The Kier molecular flexibility index (Phi) is 4.03. The SMILES string of the molecule is N#Cc1ccccc1CS(=O)c1ccc(F)cc1F. The maximum absolute atomic E-state index is 13.5. The molecule has 1 atom stereocenters. The second-order valence-corrected chi connectivity index (χ2v) is 5.25. The predicted molar refractivity (Wildman–Crippen MR) is 67.6 cm³/mol. The van der Waals surface area contributed by atoms with Gasteiger partial charge in [-0.1, -0.05) is 18.2 Å². The van der Waals surface area contributed by atoms with Gasteiger partial charge in [0, 0.05) is 6.07 Å². The van der Waals surface area contributed by atoms with Crippen LogP contribution in [0, 0.1) is 23.0 Å². The van der Waals surface area contributed by atoms with Crippen molar-refractivity contribution in [3.05, 3.63) is 65.2 Å². The molecule has 0 radical (unpaired) electrons. The van der Waals surface area contributed by atoms with Crippen LogP contribution in [0.3, 0.4) is 0 Å². The van der Waals surface area contributed by atoms with E-state index in [0.717, 1.165) is 12.1 Å². The maximum Gasteiger partial charge on any atom is 0.142 e. The van der Waals surface area contributed by atoms with Gasteiger partial charge in [0.2, 0.25) is 0 Å². The number of hydrogen-bond acceptors (Lipinski definition) is 2. The maximum atomic E-state index is 13.5. The smallest absolute Gasteiger partial charge is 0.142 e. The Morgan fingerprint density at radius 3 is 2.58 bits per heavy atom. The van der Waals surface area contributed by atoms with Crippen LogP contribution < -0.4 is 0 Å². The van der Waals surface area contributed by atoms with Crippen molar-refractivity contribution in [1.82, 2.24) is 0 Å². The molecular weight excluding hydrogens is 268 g/mol. The van der Waals surface area contributed by atoms with E-state index in [2.05, 4.69) is 0 Å². The van der Waals surface area contributed by atoms with Gasteiger partial charge in [-0.15, -0.1) is 0 Å². The summed E-state index contributed by atoms with van der Waals surface area (Å²) in [5, 5.41) is 8.92. The Hall–Kier alpha value is -2.06. The molecule has 19 heavy (non-hydrogen) atoms. The molecule has 1 unspecified atom stereocenters. The number of benzene rings is 2. The summed E-state index contributed by atoms with van der Waals surface area (Å²) in [6, 6.07) is 11.6. The van der Waals surface area contributed by atoms with E-state index in [-0.39, 0.29) is 10.6 Å². The van der Waals surface area contributed by atoms with Crippen LogP contribution in [0.5, 0.6) is 0 Å². The molecule has 0 bridgehead atoms. The lowest BCUT2D eigenvalue weighted by molar-refractivity contribution is 0.562. The zero-order valence-corrected chi connectivity index (χ0v) is 10.6. The highest BCUT2D eigenvalue weighted by atomic mass is 32.2. The second kappa shape index (κ2) is 5.72. The molecule has 0 aliphatic heterocycles. The fraction of sp³-hybridized carbons (Fsp3) is 0.0714. The molecule has 2 nitrogen and oxygen atoms in total. The lowest BCUT2D eigenvalue weighted by Gasteiger charge is -2.05. The van der Waals surface area contributed by atoms with E-state index in [1.54, 1.807) is 24.3 Å². The van der Waals surface area contributed by atoms with Crippen LogP contribution in [-0.2, 0) is 16.6 Å². The lowest BCUT2D eigenvalue weighted by atomic mass is 10.1. The van der Waals surface area contributed by atoms with Gasteiger partial charge in [0.25, 0.3) is 0 Å². The third kappa shape index (κ3) is 3.04. The highest BCUT2D eigenvalue weighted by Gasteiger charge is 2.13. The molecule has 0 saturated carbocycles. The zero-order chi connectivity index (χ0) is 13.8. The van der Waals surface area contributed by atoms with Crippen LogP contribution in [0.25, 0.3) is 0 Å². The molecule has 0 saturated heterocycles. The fourth-order valence-electron chi connectivity index (χ4n) is 1.63. The van der Waals surface area contributed by atoms with Gasteiger partial charge in [-0.25, -0.2) is 8.78 Å². The van der Waals surface area contributed by atoms with Gasteiger partial charge in [0.1, 0.15) is 11.6 Å². The Morgan fingerprint density at radius 1 is 1.16 bits per heavy atom. The van der Waals surface area contributed by atoms with E-state index in [1.165, 1.54) is 0 Å². The van der Waals surface area contributed by atoms with Crippen LogP contribution in [0.15, 0.2) is 47.4 Å². The molecule has 0 aliphatic rings. The van der Waals surface area contributed by atoms with Crippen molar-refractivity contribution in [2.75, 3.05) is 0 Å². The van der Waals surface area contributed by atoms with Crippen molar-refractivity contribution in [3.8, 4) is 6.07 Å². The third-order valence-electron chi connectivity index (χ3n) is 2.56. The highest BCUT2D eigenvalue weighted by Crippen LogP contribution is 2.18. The standard InChI is InChI=1S/C14H9F2NOS/c15-12-5-6-14(13(16)7-12)19(18)9-11-4-2-1-3-10(11)8-17/h1-7H,9H2. The summed E-state index contributed by atoms with van der Waals surface area (Å²) in [5.41, 5.74) is 0.977. The van der Waals surface area contributed by atoms with Gasteiger partial charge in [-0.05, 0) is 23.8 Å². The van der Waals surface area contributed by atoms with Crippen LogP contribution in [-0.4, -0.2) is 4.21 Å². The topological polar surface area (TPSA) is 40.9 Å². The van der Waals surface area contributed by atoms with E-state index >= 15 is 0 Å². The summed E-state index contributed by atoms with van der Waals surface area (Å²) in [7, 11) is -1.66. The molecule has 2 aromatic carbocycles. The van der Waals surface area contributed by atoms with E-state index in [4.69, 9.17) is 5.26 Å². The van der Waals surface area contributed by atoms with Gasteiger partial charge in [0.05, 0.1) is 33.1 Å². The van der Waals surface area contributed by atoms with Crippen LogP contribution in [0.2, 0.25) is 0 Å². The second-order valence-electron chi connectivity index (χ2n) is 3.83. The Labute approximate surface area is 111 Å². The normalized spacial score (nSPS) is 11.8. The summed E-state index contributed by atoms with van der Waals surface area (Å²) in [4.78, 5) is -0.0610. The molecule has 2 aromatic rings. The summed E-state index contributed by atoms with van der Waals surface area (Å²) in [5.74, 6) is -1.53. The van der Waals surface area contributed by atoms with E-state index < -0.39 is 22.4 Å². The van der Waals surface area contributed by atoms with Crippen molar-refractivity contribution in [3.63, 3.8) is 0 Å². The van der Waals surface area contributed by atoms with Crippen molar-refractivity contribution in [2.24, 2.45) is 0 Å². The third-order valence-corrected chi connectivity index (χ3v) is 3.96. The van der Waals surface area contributed by atoms with Crippen molar-refractivity contribution in [2.45, 2.75) is 10.6 Å². The van der Waals surface area contributed by atoms with E-state index in [1.807, 2.05) is 6.07 Å². The predicted octanol–water partition coefficient (Wildman–Crippen LogP) is 3.14. The van der Waals surface area contributed by atoms with Gasteiger partial charge in [-0.3, -0.25) is 4.21 Å². The largest absolute Gasteiger partial charge is 0.254 e. The number of hydrogen-bond donors (Lipinski definition) is 0. The molecule has 0 spiro atoms. The number of nitriles is 1. The summed E-state index contributed by atoms with van der Waals surface area (Å²) in [6.07, 6.45) is 0. The first-order chi connectivity index (χ1) is 9.11. The summed E-state index contributed by atoms with van der Waals surface area (Å²) >= 11 is 0. The van der Waals surface area contributed by atoms with Crippen LogP contribution in [0.1, 0.15) is 11.1 Å². The molecule has 5 heteroatoms. The van der Waals surface area contributed by atoms with Crippen molar-refractivity contribution in [1.29, 1.82) is 5.26 Å². The molecular formula is C14H9F2NOS. The first-order valence-electron chi connectivity index (χ1n) is 5.43. The highest BCUT2D eigenvalue weighted by molar-refractivity contribution is 7.84. The van der Waals surface area contributed by atoms with Crippen LogP contribution in [0.4, 0.5) is 8.78 Å². The van der Waals surface area contributed by atoms with E-state index in [9.17, 15) is 13.0 Å². The molecule has 0 fully saturated rings. The van der Waals surface area contributed by atoms with Crippen molar-refractivity contribution < 1.29 is 13.0 Å². The molecule has 0 N–H and O–H groups in total. The van der Waals surface area contributed by atoms with Gasteiger partial charge < -0.3 is 0 Å². The first-order valence-corrected chi connectivity index (χ1v) is 6.75. The van der Waals surface area contributed by atoms with E-state index in [0.29, 0.717) is 17.2 Å². The molecule has 2 rings (SSSR count). The van der Waals surface area contributed by atoms with Crippen LogP contribution >= 0.6 is 0 Å². The summed E-state index contributed by atoms with van der Waals surface area (Å²) < 4.78 is 38.3. The number of nitrogens with zero attached hydrogens (tertiary/aromatic N) is 1. The quantitative estimate of drug-likeness (QED) is 0.864. The minimum atomic E-state index is -1.66. The Morgan fingerprint density at radius 2 is 1.89 bits per heavy atom. The molecule has 0 amide bonds. The summed E-state index contributed by atoms with van der Waals surface area (Å²) in [6.45, 7) is 0. The van der Waals surface area contributed by atoms with Gasteiger partial charge >= 0.3 is 0 Å². The Balaban J connectivity index is 2.29. The fourth-order valence-corrected chi connectivity index (χ4v) is 2.82. The minimum absolute atomic E-state index is 0.0201. The van der Waals surface area contributed by atoms with Gasteiger partial charge in [0.15, 0.2) is 0 Å².